The van der Waals surface area contributed by atoms with Gasteiger partial charge in [-0.3, -0.25) is 4.79 Å². The molecule has 0 saturated carbocycles. The number of hydrogen-bond acceptors (Lipinski definition) is 3. The summed E-state index contributed by atoms with van der Waals surface area (Å²) in [5.74, 6) is 0.248. The van der Waals surface area contributed by atoms with Crippen molar-refractivity contribution in [2.75, 3.05) is 18.9 Å². The van der Waals surface area contributed by atoms with Crippen LogP contribution in [0.25, 0.3) is 0 Å². The van der Waals surface area contributed by atoms with Crippen molar-refractivity contribution in [2.24, 2.45) is 0 Å². The van der Waals surface area contributed by atoms with E-state index in [4.69, 9.17) is 33.7 Å². The average Bonchev–Trinajstić information content (AvgIpc) is 2.45. The van der Waals surface area contributed by atoms with Gasteiger partial charge in [-0.1, -0.05) is 41.4 Å². The molecule has 6 heteroatoms. The lowest BCUT2D eigenvalue weighted by Gasteiger charge is -2.10. The van der Waals surface area contributed by atoms with Crippen molar-refractivity contribution in [3.8, 4) is 5.75 Å². The lowest BCUT2D eigenvalue weighted by atomic mass is 10.2. The number of carbonyl (C=O) groups is 1. The summed E-state index contributed by atoms with van der Waals surface area (Å²) in [5, 5.41) is 3.32. The third-order valence-corrected chi connectivity index (χ3v) is 3.38. The molecule has 21 heavy (non-hydrogen) atoms. The van der Waals surface area contributed by atoms with Crippen molar-refractivity contribution in [1.29, 1.82) is 0 Å². The van der Waals surface area contributed by atoms with Gasteiger partial charge in [0.2, 0.25) is 0 Å². The maximum absolute atomic E-state index is 12.0. The average molecular weight is 325 g/mol. The zero-order valence-corrected chi connectivity index (χ0v) is 12.6. The first-order valence-electron chi connectivity index (χ1n) is 6.29. The fourth-order valence-corrected chi connectivity index (χ4v) is 2.31. The molecule has 0 heterocycles. The highest BCUT2D eigenvalue weighted by Crippen LogP contribution is 2.24. The monoisotopic (exact) mass is 324 g/mol. The van der Waals surface area contributed by atoms with Crippen LogP contribution in [0.5, 0.6) is 5.75 Å². The zero-order valence-electron chi connectivity index (χ0n) is 11.1. The van der Waals surface area contributed by atoms with Crippen LogP contribution in [0, 0.1) is 0 Å². The molecule has 110 valence electrons. The number of rotatable bonds is 5. The van der Waals surface area contributed by atoms with Crippen molar-refractivity contribution >= 4 is 34.8 Å². The van der Waals surface area contributed by atoms with Crippen molar-refractivity contribution in [1.82, 2.24) is 5.32 Å². The molecular formula is C15H14Cl2N2O2. The topological polar surface area (TPSA) is 64.3 Å². The molecule has 0 unspecified atom stereocenters. The number of ether oxygens (including phenoxy) is 1. The molecule has 2 aromatic rings. The number of benzene rings is 2. The Morgan fingerprint density at radius 3 is 2.43 bits per heavy atom. The number of carbonyl (C=O) groups excluding carboxylic acids is 1. The zero-order chi connectivity index (χ0) is 15.2. The molecular weight excluding hydrogens is 311 g/mol. The van der Waals surface area contributed by atoms with Gasteiger partial charge in [0.25, 0.3) is 5.91 Å². The lowest BCUT2D eigenvalue weighted by molar-refractivity contribution is 0.0947. The smallest absolute Gasteiger partial charge is 0.254 e. The van der Waals surface area contributed by atoms with Crippen LogP contribution in [0.15, 0.2) is 42.5 Å². The second kappa shape index (κ2) is 7.20. The number of nitrogens with one attached hydrogen (secondary N) is 1. The molecule has 0 bridgehead atoms. The summed E-state index contributed by atoms with van der Waals surface area (Å²) < 4.78 is 5.48. The third kappa shape index (κ3) is 4.03. The van der Waals surface area contributed by atoms with Crippen molar-refractivity contribution < 1.29 is 9.53 Å². The van der Waals surface area contributed by atoms with E-state index < -0.39 is 0 Å². The fourth-order valence-electron chi connectivity index (χ4n) is 1.74. The van der Waals surface area contributed by atoms with Crippen LogP contribution in [0.2, 0.25) is 10.0 Å². The molecule has 0 saturated heterocycles. The quantitative estimate of drug-likeness (QED) is 0.654. The standard InChI is InChI=1S/C15H14Cl2N2O2/c16-10-4-3-5-11(17)14(10)15(20)19-8-9-21-13-7-2-1-6-12(13)18/h1-7H,8-9,18H2,(H,19,20). The number of nitrogens with two attached hydrogens (primary N) is 1. The largest absolute Gasteiger partial charge is 0.490 e. The molecule has 2 aromatic carbocycles. The van der Waals surface area contributed by atoms with Crippen molar-refractivity contribution in [3.05, 3.63) is 58.1 Å². The van der Waals surface area contributed by atoms with E-state index in [1.54, 1.807) is 30.3 Å². The molecule has 0 aliphatic carbocycles. The molecule has 0 aliphatic rings. The lowest BCUT2D eigenvalue weighted by Crippen LogP contribution is -2.28. The molecule has 0 aliphatic heterocycles. The van der Waals surface area contributed by atoms with Gasteiger partial charge in [0.1, 0.15) is 12.4 Å². The van der Waals surface area contributed by atoms with Gasteiger partial charge in [-0.2, -0.15) is 0 Å². The second-order valence-corrected chi connectivity index (χ2v) is 5.05. The summed E-state index contributed by atoms with van der Waals surface area (Å²) in [6, 6.07) is 12.1. The van der Waals surface area contributed by atoms with Gasteiger partial charge in [-0.25, -0.2) is 0 Å². The molecule has 0 spiro atoms. The first-order valence-corrected chi connectivity index (χ1v) is 7.04. The number of amides is 1. The highest BCUT2D eigenvalue weighted by atomic mass is 35.5. The van der Waals surface area contributed by atoms with E-state index in [0.29, 0.717) is 34.6 Å². The van der Waals surface area contributed by atoms with E-state index in [1.165, 1.54) is 0 Å². The minimum absolute atomic E-state index is 0.264. The normalized spacial score (nSPS) is 10.2. The van der Waals surface area contributed by atoms with Gasteiger partial charge in [0.15, 0.2) is 0 Å². The Hall–Kier alpha value is -1.91. The van der Waals surface area contributed by atoms with Crippen molar-refractivity contribution in [3.63, 3.8) is 0 Å². The SMILES string of the molecule is Nc1ccccc1OCCNC(=O)c1c(Cl)cccc1Cl. The van der Waals surface area contributed by atoms with Crippen molar-refractivity contribution in [2.45, 2.75) is 0 Å². The first kappa shape index (κ1) is 15.5. The molecule has 0 aromatic heterocycles. The molecule has 2 rings (SSSR count). The Kier molecular flexibility index (Phi) is 5.31. The van der Waals surface area contributed by atoms with Gasteiger partial charge in [0.05, 0.1) is 27.8 Å². The number of para-hydroxylation sites is 2. The van der Waals surface area contributed by atoms with E-state index >= 15 is 0 Å². The summed E-state index contributed by atoms with van der Waals surface area (Å²) in [6.45, 7) is 0.608. The number of halogens is 2. The molecule has 0 atom stereocenters. The Morgan fingerprint density at radius 1 is 1.10 bits per heavy atom. The Labute approximate surface area is 132 Å². The summed E-state index contributed by atoms with van der Waals surface area (Å²) in [7, 11) is 0. The fraction of sp³-hybridized carbons (Fsp3) is 0.133. The van der Waals surface area contributed by atoms with Crippen LogP contribution < -0.4 is 15.8 Å². The number of anilines is 1. The van der Waals surface area contributed by atoms with Crippen LogP contribution >= 0.6 is 23.2 Å². The van der Waals surface area contributed by atoms with Crippen LogP contribution in [-0.2, 0) is 0 Å². The van der Waals surface area contributed by atoms with E-state index in [1.807, 2.05) is 12.1 Å². The van der Waals surface area contributed by atoms with Crippen LogP contribution in [0.1, 0.15) is 10.4 Å². The van der Waals surface area contributed by atoms with Gasteiger partial charge < -0.3 is 15.8 Å². The third-order valence-electron chi connectivity index (χ3n) is 2.75. The number of hydrogen-bond donors (Lipinski definition) is 2. The van der Waals surface area contributed by atoms with E-state index in [0.717, 1.165) is 0 Å². The van der Waals surface area contributed by atoms with Crippen LogP contribution in [-0.4, -0.2) is 19.1 Å². The Bertz CT molecular complexity index is 627. The van der Waals surface area contributed by atoms with E-state index in [2.05, 4.69) is 5.32 Å². The molecule has 0 radical (unpaired) electrons. The summed E-state index contributed by atoms with van der Waals surface area (Å²) in [6.07, 6.45) is 0. The molecule has 1 amide bonds. The molecule has 4 nitrogen and oxygen atoms in total. The van der Waals surface area contributed by atoms with Gasteiger partial charge in [-0.05, 0) is 24.3 Å². The summed E-state index contributed by atoms with van der Waals surface area (Å²) in [4.78, 5) is 12.0. The first-order chi connectivity index (χ1) is 10.1. The highest BCUT2D eigenvalue weighted by Gasteiger charge is 2.13. The van der Waals surface area contributed by atoms with Crippen LogP contribution in [0.4, 0.5) is 5.69 Å². The molecule has 3 N–H and O–H groups in total. The Balaban J connectivity index is 1.87. The summed E-state index contributed by atoms with van der Waals surface area (Å²) in [5.41, 5.74) is 6.56. The van der Waals surface area contributed by atoms with Gasteiger partial charge in [0, 0.05) is 0 Å². The van der Waals surface area contributed by atoms with Gasteiger partial charge in [-0.15, -0.1) is 0 Å². The minimum Gasteiger partial charge on any atom is -0.490 e. The van der Waals surface area contributed by atoms with Crippen LogP contribution in [0.3, 0.4) is 0 Å². The maximum atomic E-state index is 12.0. The highest BCUT2D eigenvalue weighted by molar-refractivity contribution is 6.39. The van der Waals surface area contributed by atoms with E-state index in [-0.39, 0.29) is 11.5 Å². The molecule has 0 fully saturated rings. The minimum atomic E-state index is -0.338. The predicted molar refractivity (Wildman–Crippen MR) is 85.1 cm³/mol. The summed E-state index contributed by atoms with van der Waals surface area (Å²) >= 11 is 11.9. The van der Waals surface area contributed by atoms with E-state index in [9.17, 15) is 4.79 Å². The maximum Gasteiger partial charge on any atom is 0.254 e. The second-order valence-electron chi connectivity index (χ2n) is 4.24. The Morgan fingerprint density at radius 2 is 1.76 bits per heavy atom. The van der Waals surface area contributed by atoms with Gasteiger partial charge >= 0.3 is 0 Å². The predicted octanol–water partition coefficient (Wildman–Crippen LogP) is 3.38. The number of nitrogen functional groups attached to an aromatic ring is 1.